The second-order valence-electron chi connectivity index (χ2n) is 7.32. The largest absolute Gasteiger partial charge is 0.480 e. The number of aliphatic carboxylic acids is 1. The zero-order chi connectivity index (χ0) is 20.6. The summed E-state index contributed by atoms with van der Waals surface area (Å²) in [5, 5.41) is 17.6. The van der Waals surface area contributed by atoms with Crippen LogP contribution < -0.4 is 16.0 Å². The number of hydrogen-bond donors (Lipinski definition) is 4. The third kappa shape index (κ3) is 8.77. The fourth-order valence-electron chi connectivity index (χ4n) is 2.53. The lowest BCUT2D eigenvalue weighted by atomic mass is 10.0. The number of urea groups is 1. The van der Waals surface area contributed by atoms with Crippen molar-refractivity contribution >= 4 is 35.2 Å². The molecule has 0 spiro atoms. The predicted molar refractivity (Wildman–Crippen MR) is 106 cm³/mol. The van der Waals surface area contributed by atoms with Crippen LogP contribution in [-0.4, -0.2) is 35.1 Å². The van der Waals surface area contributed by atoms with E-state index in [0.29, 0.717) is 23.6 Å². The first kappa shape index (κ1) is 22.8. The van der Waals surface area contributed by atoms with Crippen molar-refractivity contribution in [3.8, 4) is 0 Å². The molecule has 0 fully saturated rings. The summed E-state index contributed by atoms with van der Waals surface area (Å²) in [6.07, 6.45) is 0.695. The van der Waals surface area contributed by atoms with E-state index in [0.717, 1.165) is 0 Å². The average Bonchev–Trinajstić information content (AvgIpc) is 2.54. The molecule has 1 aromatic rings. The van der Waals surface area contributed by atoms with Crippen LogP contribution in [0.4, 0.5) is 10.5 Å². The number of halogens is 1. The highest BCUT2D eigenvalue weighted by Gasteiger charge is 2.27. The molecule has 0 heterocycles. The first-order valence-electron chi connectivity index (χ1n) is 8.94. The molecule has 3 amide bonds. The number of nitrogens with one attached hydrogen (secondary N) is 3. The molecular weight excluding hydrogens is 370 g/mol. The van der Waals surface area contributed by atoms with Gasteiger partial charge in [-0.3, -0.25) is 4.79 Å². The molecule has 0 aliphatic carbocycles. The molecule has 0 unspecified atom stereocenters. The number of rotatable bonds is 9. The Balaban J connectivity index is 2.77. The minimum absolute atomic E-state index is 0.108. The van der Waals surface area contributed by atoms with E-state index in [1.807, 2.05) is 27.7 Å². The highest BCUT2D eigenvalue weighted by molar-refractivity contribution is 6.30. The Hall–Kier alpha value is -2.28. The minimum atomic E-state index is -1.09. The van der Waals surface area contributed by atoms with Crippen LogP contribution in [0.5, 0.6) is 0 Å². The van der Waals surface area contributed by atoms with Gasteiger partial charge in [0, 0.05) is 10.7 Å². The van der Waals surface area contributed by atoms with Crippen molar-refractivity contribution in [2.75, 3.05) is 5.32 Å². The summed E-state index contributed by atoms with van der Waals surface area (Å²) in [6.45, 7) is 7.60. The van der Waals surface area contributed by atoms with Crippen molar-refractivity contribution in [3.63, 3.8) is 0 Å². The van der Waals surface area contributed by atoms with E-state index in [1.54, 1.807) is 24.3 Å². The number of hydrogen-bond acceptors (Lipinski definition) is 3. The molecule has 0 aromatic heterocycles. The Morgan fingerprint density at radius 3 is 1.93 bits per heavy atom. The van der Waals surface area contributed by atoms with Gasteiger partial charge < -0.3 is 21.1 Å². The molecular formula is C19H28ClN3O4. The van der Waals surface area contributed by atoms with Gasteiger partial charge in [0.25, 0.3) is 0 Å². The first-order chi connectivity index (χ1) is 12.6. The average molecular weight is 398 g/mol. The molecule has 2 atom stereocenters. The van der Waals surface area contributed by atoms with Crippen LogP contribution >= 0.6 is 11.6 Å². The molecule has 0 bridgehead atoms. The van der Waals surface area contributed by atoms with Crippen LogP contribution in [0, 0.1) is 11.8 Å². The fraction of sp³-hybridized carbons (Fsp3) is 0.526. The molecule has 27 heavy (non-hydrogen) atoms. The molecule has 4 N–H and O–H groups in total. The van der Waals surface area contributed by atoms with E-state index in [9.17, 15) is 19.5 Å². The summed E-state index contributed by atoms with van der Waals surface area (Å²) in [4.78, 5) is 36.2. The topological polar surface area (TPSA) is 108 Å². The van der Waals surface area contributed by atoms with E-state index in [2.05, 4.69) is 16.0 Å². The molecule has 1 rings (SSSR count). The molecule has 7 nitrogen and oxygen atoms in total. The van der Waals surface area contributed by atoms with Gasteiger partial charge in [-0.25, -0.2) is 9.59 Å². The maximum Gasteiger partial charge on any atom is 0.326 e. The van der Waals surface area contributed by atoms with Crippen molar-refractivity contribution < 1.29 is 19.5 Å². The summed E-state index contributed by atoms with van der Waals surface area (Å²) < 4.78 is 0. The van der Waals surface area contributed by atoms with Gasteiger partial charge in [0.15, 0.2) is 0 Å². The smallest absolute Gasteiger partial charge is 0.326 e. The van der Waals surface area contributed by atoms with Crippen LogP contribution in [0.1, 0.15) is 40.5 Å². The van der Waals surface area contributed by atoms with Crippen molar-refractivity contribution in [2.24, 2.45) is 11.8 Å². The summed E-state index contributed by atoms with van der Waals surface area (Å²) in [5.41, 5.74) is 0.531. The highest BCUT2D eigenvalue weighted by Crippen LogP contribution is 2.14. The summed E-state index contributed by atoms with van der Waals surface area (Å²) in [5.74, 6) is -1.37. The van der Waals surface area contributed by atoms with Gasteiger partial charge in [-0.15, -0.1) is 0 Å². The molecule has 0 saturated heterocycles. The van der Waals surface area contributed by atoms with E-state index < -0.39 is 30.0 Å². The zero-order valence-electron chi connectivity index (χ0n) is 16.1. The summed E-state index contributed by atoms with van der Waals surface area (Å²) >= 11 is 5.81. The van der Waals surface area contributed by atoms with Gasteiger partial charge in [-0.1, -0.05) is 39.3 Å². The molecule has 0 aliphatic heterocycles. The van der Waals surface area contributed by atoms with Crippen LogP contribution in [0.3, 0.4) is 0 Å². The Labute approximate surface area is 164 Å². The van der Waals surface area contributed by atoms with E-state index in [1.165, 1.54) is 0 Å². The Morgan fingerprint density at radius 2 is 1.44 bits per heavy atom. The van der Waals surface area contributed by atoms with Gasteiger partial charge in [-0.2, -0.15) is 0 Å². The number of carboxylic acid groups (broad SMARTS) is 1. The minimum Gasteiger partial charge on any atom is -0.480 e. The molecule has 150 valence electrons. The first-order valence-corrected chi connectivity index (χ1v) is 9.32. The molecule has 0 saturated carbocycles. The van der Waals surface area contributed by atoms with Crippen LogP contribution in [0.25, 0.3) is 0 Å². The second kappa shape index (κ2) is 10.8. The second-order valence-corrected chi connectivity index (χ2v) is 7.75. The Kier molecular flexibility index (Phi) is 9.08. The number of benzene rings is 1. The highest BCUT2D eigenvalue weighted by atomic mass is 35.5. The van der Waals surface area contributed by atoms with Crippen LogP contribution in [0.2, 0.25) is 5.02 Å². The van der Waals surface area contributed by atoms with Crippen molar-refractivity contribution in [1.29, 1.82) is 0 Å². The standard InChI is InChI=1S/C19H28ClN3O4/c1-11(2)9-15(17(24)22-16(18(25)26)10-12(3)4)23-19(27)21-14-7-5-13(20)6-8-14/h5-8,11-12,15-16H,9-10H2,1-4H3,(H,22,24)(H,25,26)(H2,21,23,27)/t15-,16+/m1/s1. The van der Waals surface area contributed by atoms with Gasteiger partial charge in [0.2, 0.25) is 5.91 Å². The van der Waals surface area contributed by atoms with E-state index in [4.69, 9.17) is 11.6 Å². The number of carbonyl (C=O) groups excluding carboxylic acids is 2. The summed E-state index contributed by atoms with van der Waals surface area (Å²) in [6, 6.07) is 4.18. The normalized spacial score (nSPS) is 13.1. The molecule has 1 aromatic carbocycles. The number of carboxylic acids is 1. The maximum atomic E-state index is 12.6. The predicted octanol–water partition coefficient (Wildman–Crippen LogP) is 3.49. The zero-order valence-corrected chi connectivity index (χ0v) is 16.8. The number of amides is 3. The van der Waals surface area contributed by atoms with E-state index >= 15 is 0 Å². The van der Waals surface area contributed by atoms with Crippen molar-refractivity contribution in [1.82, 2.24) is 10.6 Å². The third-order valence-corrected chi connectivity index (χ3v) is 4.00. The third-order valence-electron chi connectivity index (χ3n) is 3.75. The number of carbonyl (C=O) groups is 3. The molecule has 0 aliphatic rings. The van der Waals surface area contributed by atoms with Crippen molar-refractivity contribution in [2.45, 2.75) is 52.6 Å². The van der Waals surface area contributed by atoms with Gasteiger partial charge >= 0.3 is 12.0 Å². The molecule has 0 radical (unpaired) electrons. The van der Waals surface area contributed by atoms with E-state index in [-0.39, 0.29) is 11.8 Å². The van der Waals surface area contributed by atoms with Crippen molar-refractivity contribution in [3.05, 3.63) is 29.3 Å². The lowest BCUT2D eigenvalue weighted by Gasteiger charge is -2.23. The lowest BCUT2D eigenvalue weighted by molar-refractivity contribution is -0.142. The summed E-state index contributed by atoms with van der Waals surface area (Å²) in [7, 11) is 0. The van der Waals surface area contributed by atoms with Crippen LogP contribution in [-0.2, 0) is 9.59 Å². The van der Waals surface area contributed by atoms with Gasteiger partial charge in [-0.05, 0) is 48.9 Å². The fourth-order valence-corrected chi connectivity index (χ4v) is 2.65. The SMILES string of the molecule is CC(C)C[C@H](NC(=O)[C@@H](CC(C)C)NC(=O)Nc1ccc(Cl)cc1)C(=O)O. The lowest BCUT2D eigenvalue weighted by Crippen LogP contribution is -2.53. The maximum absolute atomic E-state index is 12.6. The Morgan fingerprint density at radius 1 is 0.926 bits per heavy atom. The van der Waals surface area contributed by atoms with Gasteiger partial charge in [0.1, 0.15) is 12.1 Å². The number of anilines is 1. The monoisotopic (exact) mass is 397 g/mol. The van der Waals surface area contributed by atoms with Crippen LogP contribution in [0.15, 0.2) is 24.3 Å². The quantitative estimate of drug-likeness (QED) is 0.511. The Bertz CT molecular complexity index is 647. The molecule has 8 heteroatoms. The van der Waals surface area contributed by atoms with Gasteiger partial charge in [0.05, 0.1) is 0 Å².